The van der Waals surface area contributed by atoms with Crippen LogP contribution in [-0.4, -0.2) is 24.7 Å². The van der Waals surface area contributed by atoms with Gasteiger partial charge in [-0.3, -0.25) is 0 Å². The molecule has 1 rings (SSSR count). The second kappa shape index (κ2) is 6.86. The van der Waals surface area contributed by atoms with Crippen LogP contribution in [0.5, 0.6) is 0 Å². The van der Waals surface area contributed by atoms with E-state index in [1.54, 1.807) is 6.20 Å². The van der Waals surface area contributed by atoms with Crippen molar-refractivity contribution in [2.75, 3.05) is 25.1 Å². The zero-order valence-corrected chi connectivity index (χ0v) is 11.7. The lowest BCUT2D eigenvalue weighted by Crippen LogP contribution is -2.13. The number of hydrogen-bond acceptors (Lipinski definition) is 3. The van der Waals surface area contributed by atoms with Crippen LogP contribution in [0, 0.1) is 12.8 Å². The molecule has 0 atom stereocenters. The average molecular weight is 287 g/mol. The third-order valence-corrected chi connectivity index (χ3v) is 3.07. The molecule has 90 valence electrons. The van der Waals surface area contributed by atoms with Crippen LogP contribution in [-0.2, 0) is 4.74 Å². The quantitative estimate of drug-likeness (QED) is 0.816. The van der Waals surface area contributed by atoms with Gasteiger partial charge < -0.3 is 10.1 Å². The minimum Gasteiger partial charge on any atom is -0.379 e. The predicted octanol–water partition coefficient (Wildman–Crippen LogP) is 3.24. The van der Waals surface area contributed by atoms with E-state index in [1.807, 2.05) is 13.0 Å². The molecule has 0 saturated heterocycles. The average Bonchev–Trinajstić information content (AvgIpc) is 2.23. The minimum absolute atomic E-state index is 0.587. The summed E-state index contributed by atoms with van der Waals surface area (Å²) in [7, 11) is 0. The van der Waals surface area contributed by atoms with Gasteiger partial charge in [-0.15, -0.1) is 0 Å². The van der Waals surface area contributed by atoms with Crippen molar-refractivity contribution in [2.45, 2.75) is 20.8 Å². The van der Waals surface area contributed by atoms with Gasteiger partial charge in [-0.1, -0.05) is 13.8 Å². The first-order valence-electron chi connectivity index (χ1n) is 5.54. The van der Waals surface area contributed by atoms with Crippen LogP contribution < -0.4 is 5.32 Å². The summed E-state index contributed by atoms with van der Waals surface area (Å²) < 4.78 is 6.51. The minimum atomic E-state index is 0.587. The highest BCUT2D eigenvalue weighted by molar-refractivity contribution is 9.10. The van der Waals surface area contributed by atoms with Gasteiger partial charge in [-0.25, -0.2) is 4.98 Å². The van der Waals surface area contributed by atoms with E-state index in [4.69, 9.17) is 4.74 Å². The molecule has 0 aliphatic heterocycles. The molecule has 0 fully saturated rings. The van der Waals surface area contributed by atoms with E-state index >= 15 is 0 Å². The van der Waals surface area contributed by atoms with Crippen LogP contribution >= 0.6 is 15.9 Å². The van der Waals surface area contributed by atoms with Gasteiger partial charge in [0.1, 0.15) is 5.82 Å². The van der Waals surface area contributed by atoms with Gasteiger partial charge in [0.15, 0.2) is 0 Å². The van der Waals surface area contributed by atoms with E-state index in [1.165, 1.54) is 5.56 Å². The molecule has 0 aliphatic rings. The van der Waals surface area contributed by atoms with Crippen LogP contribution in [0.1, 0.15) is 19.4 Å². The van der Waals surface area contributed by atoms with Crippen LogP contribution in [0.25, 0.3) is 0 Å². The summed E-state index contributed by atoms with van der Waals surface area (Å²) in [5, 5.41) is 3.24. The number of rotatable bonds is 6. The van der Waals surface area contributed by atoms with E-state index in [2.05, 4.69) is 40.1 Å². The first-order valence-corrected chi connectivity index (χ1v) is 6.33. The third kappa shape index (κ3) is 4.49. The van der Waals surface area contributed by atoms with Gasteiger partial charge in [0.05, 0.1) is 11.1 Å². The number of anilines is 1. The van der Waals surface area contributed by atoms with Gasteiger partial charge >= 0.3 is 0 Å². The number of pyridine rings is 1. The molecular formula is C12H19BrN2O. The van der Waals surface area contributed by atoms with Gasteiger partial charge in [-0.2, -0.15) is 0 Å². The Morgan fingerprint density at radius 2 is 2.25 bits per heavy atom. The molecule has 0 bridgehead atoms. The summed E-state index contributed by atoms with van der Waals surface area (Å²) in [5.74, 6) is 1.47. The van der Waals surface area contributed by atoms with Crippen LogP contribution in [0.4, 0.5) is 5.82 Å². The highest BCUT2D eigenvalue weighted by atomic mass is 79.9. The van der Waals surface area contributed by atoms with Crippen molar-refractivity contribution in [1.29, 1.82) is 0 Å². The second-order valence-corrected chi connectivity index (χ2v) is 4.98. The molecule has 1 aromatic rings. The Balaban J connectivity index is 2.29. The zero-order valence-electron chi connectivity index (χ0n) is 10.1. The first-order chi connectivity index (χ1) is 7.61. The van der Waals surface area contributed by atoms with Crippen molar-refractivity contribution >= 4 is 21.7 Å². The molecule has 0 amide bonds. The van der Waals surface area contributed by atoms with Crippen LogP contribution in [0.15, 0.2) is 16.7 Å². The number of nitrogens with zero attached hydrogens (tertiary/aromatic N) is 1. The normalized spacial score (nSPS) is 10.8. The molecule has 0 radical (unpaired) electrons. The number of nitrogens with one attached hydrogen (secondary N) is 1. The van der Waals surface area contributed by atoms with Crippen molar-refractivity contribution in [2.24, 2.45) is 5.92 Å². The highest BCUT2D eigenvalue weighted by Crippen LogP contribution is 2.22. The Hall–Kier alpha value is -0.610. The van der Waals surface area contributed by atoms with Crippen molar-refractivity contribution < 1.29 is 4.74 Å². The first kappa shape index (κ1) is 13.5. The lowest BCUT2D eigenvalue weighted by Gasteiger charge is -2.10. The van der Waals surface area contributed by atoms with Crippen LogP contribution in [0.3, 0.4) is 0 Å². The Kier molecular flexibility index (Phi) is 5.77. The van der Waals surface area contributed by atoms with E-state index < -0.39 is 0 Å². The maximum absolute atomic E-state index is 5.48. The smallest absolute Gasteiger partial charge is 0.140 e. The van der Waals surface area contributed by atoms with Gasteiger partial charge in [0, 0.05) is 19.3 Å². The number of aryl methyl sites for hydroxylation is 1. The van der Waals surface area contributed by atoms with E-state index in [-0.39, 0.29) is 0 Å². The number of halogens is 1. The third-order valence-electron chi connectivity index (χ3n) is 2.07. The Labute approximate surface area is 106 Å². The van der Waals surface area contributed by atoms with Crippen molar-refractivity contribution in [1.82, 2.24) is 4.98 Å². The van der Waals surface area contributed by atoms with E-state index in [0.717, 1.165) is 23.4 Å². The highest BCUT2D eigenvalue weighted by Gasteiger charge is 2.02. The molecule has 0 aliphatic carbocycles. The fraction of sp³-hybridized carbons (Fsp3) is 0.583. The maximum Gasteiger partial charge on any atom is 0.140 e. The van der Waals surface area contributed by atoms with Crippen molar-refractivity contribution in [3.05, 3.63) is 22.3 Å². The fourth-order valence-corrected chi connectivity index (χ4v) is 1.60. The number of ether oxygens (including phenoxy) is 1. The number of hydrogen-bond donors (Lipinski definition) is 1. The Morgan fingerprint density at radius 3 is 2.94 bits per heavy atom. The standard InChI is InChI=1S/C12H19BrN2O/c1-9(2)8-16-7-6-15-12-11(13)10(3)4-5-14-12/h4-5,9H,6-8H2,1-3H3,(H,14,15). The van der Waals surface area contributed by atoms with Crippen LogP contribution in [0.2, 0.25) is 0 Å². The predicted molar refractivity (Wildman–Crippen MR) is 70.8 cm³/mol. The summed E-state index contributed by atoms with van der Waals surface area (Å²) in [5.41, 5.74) is 1.18. The van der Waals surface area contributed by atoms with E-state index in [0.29, 0.717) is 12.5 Å². The Bertz CT molecular complexity index is 329. The molecule has 1 N–H and O–H groups in total. The van der Waals surface area contributed by atoms with Crippen molar-refractivity contribution in [3.63, 3.8) is 0 Å². The molecule has 1 aromatic heterocycles. The van der Waals surface area contributed by atoms with E-state index in [9.17, 15) is 0 Å². The molecule has 0 spiro atoms. The lowest BCUT2D eigenvalue weighted by atomic mass is 10.2. The Morgan fingerprint density at radius 1 is 1.50 bits per heavy atom. The zero-order chi connectivity index (χ0) is 12.0. The van der Waals surface area contributed by atoms with Crippen molar-refractivity contribution in [3.8, 4) is 0 Å². The maximum atomic E-state index is 5.48. The summed E-state index contributed by atoms with van der Waals surface area (Å²) in [4.78, 5) is 4.26. The summed E-state index contributed by atoms with van der Waals surface area (Å²) in [6.07, 6.45) is 1.80. The fourth-order valence-electron chi connectivity index (χ4n) is 1.22. The molecule has 1 heterocycles. The summed E-state index contributed by atoms with van der Waals surface area (Å²) >= 11 is 3.51. The summed E-state index contributed by atoms with van der Waals surface area (Å²) in [6.45, 7) is 8.64. The molecule has 3 nitrogen and oxygen atoms in total. The molecule has 4 heteroatoms. The lowest BCUT2D eigenvalue weighted by molar-refractivity contribution is 0.118. The topological polar surface area (TPSA) is 34.2 Å². The monoisotopic (exact) mass is 286 g/mol. The summed E-state index contributed by atoms with van der Waals surface area (Å²) in [6, 6.07) is 1.98. The SMILES string of the molecule is Cc1ccnc(NCCOCC(C)C)c1Br. The second-order valence-electron chi connectivity index (χ2n) is 4.19. The molecule has 16 heavy (non-hydrogen) atoms. The molecule has 0 unspecified atom stereocenters. The van der Waals surface area contributed by atoms with Gasteiger partial charge in [-0.05, 0) is 40.4 Å². The molecule has 0 aromatic carbocycles. The van der Waals surface area contributed by atoms with Gasteiger partial charge in [0.25, 0.3) is 0 Å². The molecule has 0 saturated carbocycles. The molecular weight excluding hydrogens is 268 g/mol. The van der Waals surface area contributed by atoms with Gasteiger partial charge in [0.2, 0.25) is 0 Å². The number of aromatic nitrogens is 1. The largest absolute Gasteiger partial charge is 0.379 e.